The minimum atomic E-state index is 0.116. The number of amides is 1. The highest BCUT2D eigenvalue weighted by molar-refractivity contribution is 7.07. The highest BCUT2D eigenvalue weighted by Gasteiger charge is 2.40. The largest absolute Gasteiger partial charge is 0.381 e. The number of piperidine rings is 2. The van der Waals surface area contributed by atoms with Gasteiger partial charge < -0.3 is 14.5 Å². The number of hydrogen-bond acceptors (Lipinski definition) is 5. The van der Waals surface area contributed by atoms with Crippen LogP contribution in [0.4, 0.5) is 0 Å². The molecule has 0 bridgehead atoms. The van der Waals surface area contributed by atoms with Crippen molar-refractivity contribution in [2.45, 2.75) is 44.6 Å². The fourth-order valence-electron chi connectivity index (χ4n) is 4.58. The standard InChI is InChI=1S/C18H27N3O2S/c22-17(16-13-24-14-19-16)21-9-5-18(6-10-21)3-7-20(8-4-18)15-1-11-23-12-2-15/h13-15H,1-12H2. The van der Waals surface area contributed by atoms with E-state index in [0.717, 1.165) is 45.2 Å². The van der Waals surface area contributed by atoms with E-state index in [1.165, 1.54) is 50.1 Å². The van der Waals surface area contributed by atoms with E-state index in [1.807, 2.05) is 10.3 Å². The van der Waals surface area contributed by atoms with E-state index in [1.54, 1.807) is 5.51 Å². The molecule has 4 rings (SSSR count). The van der Waals surface area contributed by atoms with Crippen LogP contribution in [0.1, 0.15) is 49.0 Å². The fraction of sp³-hybridized carbons (Fsp3) is 0.778. The Morgan fingerprint density at radius 1 is 1.12 bits per heavy atom. The normalized spacial score (nSPS) is 25.9. The second-order valence-corrected chi connectivity index (χ2v) is 8.26. The van der Waals surface area contributed by atoms with Crippen molar-refractivity contribution in [3.05, 3.63) is 16.6 Å². The summed E-state index contributed by atoms with van der Waals surface area (Å²) in [6.07, 6.45) is 7.30. The Balaban J connectivity index is 1.29. The average molecular weight is 350 g/mol. The summed E-state index contributed by atoms with van der Waals surface area (Å²) >= 11 is 1.49. The molecular formula is C18H27N3O2S. The topological polar surface area (TPSA) is 45.7 Å². The first kappa shape index (κ1) is 16.5. The van der Waals surface area contributed by atoms with Gasteiger partial charge in [-0.05, 0) is 57.0 Å². The number of ether oxygens (including phenoxy) is 1. The summed E-state index contributed by atoms with van der Waals surface area (Å²) in [6.45, 7) is 6.11. The third kappa shape index (κ3) is 3.37. The molecule has 3 aliphatic heterocycles. The number of carbonyl (C=O) groups excluding carboxylic acids is 1. The quantitative estimate of drug-likeness (QED) is 0.823. The summed E-state index contributed by atoms with van der Waals surface area (Å²) in [6, 6.07) is 0.738. The van der Waals surface area contributed by atoms with Crippen molar-refractivity contribution in [1.82, 2.24) is 14.8 Å². The Hall–Kier alpha value is -0.980. The maximum absolute atomic E-state index is 12.4. The first-order valence-electron chi connectivity index (χ1n) is 9.25. The summed E-state index contributed by atoms with van der Waals surface area (Å²) in [5, 5.41) is 1.86. The number of nitrogens with zero attached hydrogens (tertiary/aromatic N) is 3. The Labute approximate surface area is 148 Å². The van der Waals surface area contributed by atoms with Crippen LogP contribution in [0.25, 0.3) is 0 Å². The van der Waals surface area contributed by atoms with Crippen molar-refractivity contribution in [2.24, 2.45) is 5.41 Å². The molecule has 24 heavy (non-hydrogen) atoms. The monoisotopic (exact) mass is 349 g/mol. The Morgan fingerprint density at radius 3 is 2.42 bits per heavy atom. The molecule has 3 fully saturated rings. The average Bonchev–Trinajstić information content (AvgIpc) is 3.18. The zero-order chi connectivity index (χ0) is 16.4. The number of aromatic nitrogens is 1. The summed E-state index contributed by atoms with van der Waals surface area (Å²) in [4.78, 5) is 21.3. The van der Waals surface area contributed by atoms with E-state index in [4.69, 9.17) is 4.74 Å². The first-order valence-corrected chi connectivity index (χ1v) is 10.2. The molecule has 0 saturated carbocycles. The molecule has 0 aliphatic carbocycles. The lowest BCUT2D eigenvalue weighted by molar-refractivity contribution is -0.0113. The lowest BCUT2D eigenvalue weighted by atomic mass is 9.71. The van der Waals surface area contributed by atoms with Crippen LogP contribution < -0.4 is 0 Å². The van der Waals surface area contributed by atoms with Crippen molar-refractivity contribution >= 4 is 17.2 Å². The van der Waals surface area contributed by atoms with Crippen LogP contribution in [-0.4, -0.2) is 66.1 Å². The van der Waals surface area contributed by atoms with Gasteiger partial charge in [0.2, 0.25) is 0 Å². The summed E-state index contributed by atoms with van der Waals surface area (Å²) in [7, 11) is 0. The summed E-state index contributed by atoms with van der Waals surface area (Å²) < 4.78 is 5.50. The van der Waals surface area contributed by atoms with Crippen LogP contribution >= 0.6 is 11.3 Å². The van der Waals surface area contributed by atoms with Gasteiger partial charge >= 0.3 is 0 Å². The number of thiazole rings is 1. The molecule has 0 atom stereocenters. The molecule has 0 radical (unpaired) electrons. The van der Waals surface area contributed by atoms with E-state index in [-0.39, 0.29) is 5.91 Å². The number of hydrogen-bond donors (Lipinski definition) is 0. The van der Waals surface area contributed by atoms with Crippen molar-refractivity contribution in [3.8, 4) is 0 Å². The Kier molecular flexibility index (Phi) is 4.88. The molecule has 1 aromatic heterocycles. The Bertz CT molecular complexity index is 539. The molecule has 3 aliphatic rings. The molecule has 132 valence electrons. The molecule has 6 heteroatoms. The predicted molar refractivity (Wildman–Crippen MR) is 94.3 cm³/mol. The van der Waals surface area contributed by atoms with Crippen molar-refractivity contribution in [2.75, 3.05) is 39.4 Å². The smallest absolute Gasteiger partial charge is 0.273 e. The van der Waals surface area contributed by atoms with E-state index in [0.29, 0.717) is 11.1 Å². The lowest BCUT2D eigenvalue weighted by Crippen LogP contribution is -2.51. The van der Waals surface area contributed by atoms with E-state index in [9.17, 15) is 4.79 Å². The predicted octanol–water partition coefficient (Wildman–Crippen LogP) is 2.64. The third-order valence-electron chi connectivity index (χ3n) is 6.33. The summed E-state index contributed by atoms with van der Waals surface area (Å²) in [5.41, 5.74) is 2.83. The van der Waals surface area contributed by atoms with Gasteiger partial charge in [-0.15, -0.1) is 11.3 Å². The number of likely N-dealkylation sites (tertiary alicyclic amines) is 2. The molecule has 5 nitrogen and oxygen atoms in total. The van der Waals surface area contributed by atoms with Gasteiger partial charge in [0, 0.05) is 37.7 Å². The molecular weight excluding hydrogens is 322 g/mol. The van der Waals surface area contributed by atoms with E-state index >= 15 is 0 Å². The fourth-order valence-corrected chi connectivity index (χ4v) is 5.10. The number of rotatable bonds is 2. The molecule has 3 saturated heterocycles. The van der Waals surface area contributed by atoms with Crippen LogP contribution in [0, 0.1) is 5.41 Å². The highest BCUT2D eigenvalue weighted by atomic mass is 32.1. The second-order valence-electron chi connectivity index (χ2n) is 7.55. The van der Waals surface area contributed by atoms with Crippen LogP contribution in [-0.2, 0) is 4.74 Å². The van der Waals surface area contributed by atoms with Crippen molar-refractivity contribution in [3.63, 3.8) is 0 Å². The van der Waals surface area contributed by atoms with Gasteiger partial charge in [0.25, 0.3) is 5.91 Å². The van der Waals surface area contributed by atoms with Gasteiger partial charge in [-0.25, -0.2) is 4.98 Å². The van der Waals surface area contributed by atoms with Crippen LogP contribution in [0.15, 0.2) is 10.9 Å². The van der Waals surface area contributed by atoms with Crippen molar-refractivity contribution in [1.29, 1.82) is 0 Å². The maximum Gasteiger partial charge on any atom is 0.273 e. The molecule has 4 heterocycles. The number of carbonyl (C=O) groups is 1. The van der Waals surface area contributed by atoms with Gasteiger partial charge in [-0.1, -0.05) is 0 Å². The lowest BCUT2D eigenvalue weighted by Gasteiger charge is -2.48. The summed E-state index contributed by atoms with van der Waals surface area (Å²) in [5.74, 6) is 0.116. The SMILES string of the molecule is O=C(c1cscn1)N1CCC2(CC1)CCN(C1CCOCC1)CC2. The Morgan fingerprint density at radius 2 is 1.79 bits per heavy atom. The molecule has 1 amide bonds. The van der Waals surface area contributed by atoms with Gasteiger partial charge in [0.1, 0.15) is 5.69 Å². The van der Waals surface area contributed by atoms with Gasteiger partial charge in [-0.3, -0.25) is 4.79 Å². The zero-order valence-corrected chi connectivity index (χ0v) is 15.1. The van der Waals surface area contributed by atoms with Crippen LogP contribution in [0.2, 0.25) is 0 Å². The van der Waals surface area contributed by atoms with Gasteiger partial charge in [-0.2, -0.15) is 0 Å². The molecule has 0 aromatic carbocycles. The van der Waals surface area contributed by atoms with Crippen molar-refractivity contribution < 1.29 is 9.53 Å². The highest BCUT2D eigenvalue weighted by Crippen LogP contribution is 2.42. The van der Waals surface area contributed by atoms with Gasteiger partial charge in [0.15, 0.2) is 0 Å². The maximum atomic E-state index is 12.4. The minimum Gasteiger partial charge on any atom is -0.381 e. The molecule has 1 aromatic rings. The first-order chi connectivity index (χ1) is 11.8. The third-order valence-corrected chi connectivity index (χ3v) is 6.92. The minimum absolute atomic E-state index is 0.116. The van der Waals surface area contributed by atoms with Gasteiger partial charge in [0.05, 0.1) is 5.51 Å². The zero-order valence-electron chi connectivity index (χ0n) is 14.3. The molecule has 0 unspecified atom stereocenters. The molecule has 0 N–H and O–H groups in total. The molecule has 1 spiro atoms. The van der Waals surface area contributed by atoms with E-state index < -0.39 is 0 Å². The van der Waals surface area contributed by atoms with E-state index in [2.05, 4.69) is 9.88 Å². The van der Waals surface area contributed by atoms with Crippen LogP contribution in [0.3, 0.4) is 0 Å². The second kappa shape index (κ2) is 7.10. The van der Waals surface area contributed by atoms with Crippen LogP contribution in [0.5, 0.6) is 0 Å².